The Balaban J connectivity index is 1.31. The molecule has 0 aliphatic carbocycles. The van der Waals surface area contributed by atoms with Gasteiger partial charge in [-0.25, -0.2) is 4.79 Å². The molecule has 0 radical (unpaired) electrons. The van der Waals surface area contributed by atoms with Gasteiger partial charge in [-0.05, 0) is 49.7 Å². The van der Waals surface area contributed by atoms with Gasteiger partial charge in [0.15, 0.2) is 0 Å². The van der Waals surface area contributed by atoms with Gasteiger partial charge in [0.25, 0.3) is 11.8 Å². The first-order valence-electron chi connectivity index (χ1n) is 12.2. The predicted octanol–water partition coefficient (Wildman–Crippen LogP) is 5.78. The molecule has 7 nitrogen and oxygen atoms in total. The number of carbonyl (C=O) groups excluding carboxylic acids is 2. The van der Waals surface area contributed by atoms with Crippen LogP contribution >= 0.6 is 34.5 Å². The van der Waals surface area contributed by atoms with Crippen LogP contribution < -0.4 is 10.1 Å². The van der Waals surface area contributed by atoms with E-state index in [0.717, 1.165) is 33.7 Å². The minimum Gasteiger partial charge on any atom is -0.490 e. The monoisotopic (exact) mass is 574 g/mol. The fourth-order valence-corrected chi connectivity index (χ4v) is 5.95. The van der Waals surface area contributed by atoms with Crippen molar-refractivity contribution in [2.24, 2.45) is 0 Å². The number of nitrogens with one attached hydrogen (secondary N) is 1. The first-order chi connectivity index (χ1) is 18.1. The molecule has 1 saturated heterocycles. The zero-order valence-electron chi connectivity index (χ0n) is 21.0. The average molecular weight is 576 g/mol. The number of amides is 2. The van der Waals surface area contributed by atoms with E-state index in [4.69, 9.17) is 27.9 Å². The van der Waals surface area contributed by atoms with E-state index in [0.29, 0.717) is 18.8 Å². The summed E-state index contributed by atoms with van der Waals surface area (Å²) >= 11 is 13.8. The number of piperidine rings is 1. The quantitative estimate of drug-likeness (QED) is 0.355. The Labute approximate surface area is 235 Å². The standard InChI is InChI=1S/C28H28Cl2N2O5S/c1-16-14-21(17(2)38-16)27(34)32-12-10-20(11-13-32)37-19-8-6-18(7-9-19)15-24(28(35)36)31-26(33)25-22(29)4-3-5-23(25)30/h3-9,14,20,24H,10-13,15H2,1-2H3,(H,31,33)(H,35,36)/t24-/m0/s1. The highest BCUT2D eigenvalue weighted by Gasteiger charge is 2.27. The van der Waals surface area contributed by atoms with Crippen molar-refractivity contribution in [3.63, 3.8) is 0 Å². The second-order valence-corrected chi connectivity index (χ2v) is 11.5. The van der Waals surface area contributed by atoms with Gasteiger partial charge in [0, 0.05) is 42.1 Å². The largest absolute Gasteiger partial charge is 0.490 e. The van der Waals surface area contributed by atoms with Crippen molar-refractivity contribution in [3.8, 4) is 5.75 Å². The van der Waals surface area contributed by atoms with Crippen LogP contribution in [0.15, 0.2) is 48.5 Å². The Morgan fingerprint density at radius 1 is 1.08 bits per heavy atom. The second kappa shape index (κ2) is 12.2. The number of benzene rings is 2. The third-order valence-electron chi connectivity index (χ3n) is 6.46. The first-order valence-corrected chi connectivity index (χ1v) is 13.8. The highest BCUT2D eigenvalue weighted by atomic mass is 35.5. The van der Waals surface area contributed by atoms with Crippen molar-refractivity contribution in [1.82, 2.24) is 10.2 Å². The number of halogens is 2. The van der Waals surface area contributed by atoms with Gasteiger partial charge in [0.05, 0.1) is 21.2 Å². The van der Waals surface area contributed by atoms with Crippen LogP contribution in [0.1, 0.15) is 48.9 Å². The molecule has 2 amide bonds. The van der Waals surface area contributed by atoms with Gasteiger partial charge in [-0.3, -0.25) is 9.59 Å². The summed E-state index contributed by atoms with van der Waals surface area (Å²) in [7, 11) is 0. The number of carboxylic acid groups (broad SMARTS) is 1. The fourth-order valence-electron chi connectivity index (χ4n) is 4.47. The Morgan fingerprint density at radius 3 is 2.26 bits per heavy atom. The summed E-state index contributed by atoms with van der Waals surface area (Å²) in [4.78, 5) is 41.4. The summed E-state index contributed by atoms with van der Waals surface area (Å²) in [6, 6.07) is 12.6. The third-order valence-corrected chi connectivity index (χ3v) is 8.06. The number of carbonyl (C=O) groups is 3. The van der Waals surface area contributed by atoms with Crippen LogP contribution in [0.4, 0.5) is 0 Å². The number of nitrogens with zero attached hydrogens (tertiary/aromatic N) is 1. The molecule has 2 N–H and O–H groups in total. The predicted molar refractivity (Wildman–Crippen MR) is 149 cm³/mol. The van der Waals surface area contributed by atoms with E-state index in [9.17, 15) is 19.5 Å². The Hall–Kier alpha value is -3.07. The van der Waals surface area contributed by atoms with Crippen LogP contribution in [0.5, 0.6) is 5.75 Å². The van der Waals surface area contributed by atoms with Gasteiger partial charge in [0.1, 0.15) is 17.9 Å². The topological polar surface area (TPSA) is 95.9 Å². The molecule has 1 aromatic heterocycles. The minimum absolute atomic E-state index is 0.0124. The Bertz CT molecular complexity index is 1310. The van der Waals surface area contributed by atoms with E-state index in [1.165, 1.54) is 12.1 Å². The number of hydrogen-bond acceptors (Lipinski definition) is 5. The minimum atomic E-state index is -1.17. The van der Waals surface area contributed by atoms with E-state index >= 15 is 0 Å². The molecule has 3 aromatic rings. The zero-order valence-corrected chi connectivity index (χ0v) is 23.3. The Kier molecular flexibility index (Phi) is 8.97. The lowest BCUT2D eigenvalue weighted by atomic mass is 10.0. The van der Waals surface area contributed by atoms with E-state index in [2.05, 4.69) is 5.32 Å². The highest BCUT2D eigenvalue weighted by molar-refractivity contribution is 7.12. The van der Waals surface area contributed by atoms with Crippen molar-refractivity contribution < 1.29 is 24.2 Å². The summed E-state index contributed by atoms with van der Waals surface area (Å²) < 4.78 is 6.12. The molecule has 1 atom stereocenters. The van der Waals surface area contributed by atoms with E-state index in [1.807, 2.05) is 24.8 Å². The van der Waals surface area contributed by atoms with Gasteiger partial charge in [-0.15, -0.1) is 11.3 Å². The van der Waals surface area contributed by atoms with Crippen molar-refractivity contribution >= 4 is 52.3 Å². The number of thiophene rings is 1. The molecule has 1 aliphatic rings. The first kappa shape index (κ1) is 28.0. The molecular weight excluding hydrogens is 547 g/mol. The zero-order chi connectivity index (χ0) is 27.4. The molecule has 0 unspecified atom stereocenters. The molecule has 2 aromatic carbocycles. The van der Waals surface area contributed by atoms with Crippen LogP contribution in [0.3, 0.4) is 0 Å². The van der Waals surface area contributed by atoms with Gasteiger partial charge in [-0.2, -0.15) is 0 Å². The van der Waals surface area contributed by atoms with Crippen molar-refractivity contribution in [3.05, 3.63) is 85.0 Å². The highest BCUT2D eigenvalue weighted by Crippen LogP contribution is 2.26. The van der Waals surface area contributed by atoms with Crippen molar-refractivity contribution in [2.75, 3.05) is 13.1 Å². The van der Waals surface area contributed by atoms with Crippen molar-refractivity contribution in [1.29, 1.82) is 0 Å². The number of ether oxygens (including phenoxy) is 1. The number of likely N-dealkylation sites (tertiary alicyclic amines) is 1. The second-order valence-electron chi connectivity index (χ2n) is 9.25. The number of rotatable bonds is 8. The molecule has 4 rings (SSSR count). The Morgan fingerprint density at radius 2 is 1.71 bits per heavy atom. The maximum absolute atomic E-state index is 12.9. The third kappa shape index (κ3) is 6.67. The maximum atomic E-state index is 12.9. The summed E-state index contributed by atoms with van der Waals surface area (Å²) in [6.07, 6.45) is 1.52. The lowest BCUT2D eigenvalue weighted by molar-refractivity contribution is -0.139. The molecular formula is C28H28Cl2N2O5S. The molecule has 10 heteroatoms. The summed E-state index contributed by atoms with van der Waals surface area (Å²) in [5, 5.41) is 12.5. The van der Waals surface area contributed by atoms with E-state index in [-0.39, 0.29) is 34.0 Å². The van der Waals surface area contributed by atoms with Crippen LogP contribution in [0, 0.1) is 13.8 Å². The summed E-state index contributed by atoms with van der Waals surface area (Å²) in [5.74, 6) is -1.08. The van der Waals surface area contributed by atoms with Gasteiger partial charge in [-0.1, -0.05) is 41.4 Å². The lowest BCUT2D eigenvalue weighted by Crippen LogP contribution is -2.42. The number of aryl methyl sites for hydroxylation is 2. The van der Waals surface area contributed by atoms with E-state index in [1.54, 1.807) is 41.7 Å². The van der Waals surface area contributed by atoms with Gasteiger partial charge >= 0.3 is 5.97 Å². The summed E-state index contributed by atoms with van der Waals surface area (Å²) in [5.41, 5.74) is 1.55. The van der Waals surface area contributed by atoms with E-state index < -0.39 is 17.9 Å². The smallest absolute Gasteiger partial charge is 0.326 e. The maximum Gasteiger partial charge on any atom is 0.326 e. The number of aliphatic carboxylic acids is 1. The molecule has 2 heterocycles. The molecule has 200 valence electrons. The SMILES string of the molecule is Cc1cc(C(=O)N2CCC(Oc3ccc(C[C@H](NC(=O)c4c(Cl)cccc4Cl)C(=O)O)cc3)CC2)c(C)s1. The van der Waals surface area contributed by atoms with Crippen molar-refractivity contribution in [2.45, 2.75) is 45.3 Å². The van der Waals surface area contributed by atoms with Crippen LogP contribution in [-0.2, 0) is 11.2 Å². The molecule has 1 fully saturated rings. The van der Waals surface area contributed by atoms with Gasteiger partial charge < -0.3 is 20.1 Å². The molecule has 38 heavy (non-hydrogen) atoms. The van der Waals surface area contributed by atoms with Crippen LogP contribution in [0.25, 0.3) is 0 Å². The molecule has 1 aliphatic heterocycles. The summed E-state index contributed by atoms with van der Waals surface area (Å²) in [6.45, 7) is 5.25. The average Bonchev–Trinajstić information content (AvgIpc) is 3.22. The molecule has 0 saturated carbocycles. The van der Waals surface area contributed by atoms with Crippen LogP contribution in [-0.4, -0.2) is 53.0 Å². The lowest BCUT2D eigenvalue weighted by Gasteiger charge is -2.32. The fraction of sp³-hybridized carbons (Fsp3) is 0.321. The van der Waals surface area contributed by atoms with Crippen LogP contribution in [0.2, 0.25) is 10.0 Å². The normalized spacial score (nSPS) is 14.7. The molecule has 0 spiro atoms. The van der Waals surface area contributed by atoms with Gasteiger partial charge in [0.2, 0.25) is 0 Å². The number of carboxylic acids is 1. The molecule has 0 bridgehead atoms. The number of hydrogen-bond donors (Lipinski definition) is 2.